The van der Waals surface area contributed by atoms with Crippen LogP contribution in [0.5, 0.6) is 0 Å². The minimum atomic E-state index is 0.536. The van der Waals surface area contributed by atoms with Crippen LogP contribution in [-0.2, 0) is 6.42 Å². The molecule has 0 spiro atoms. The predicted octanol–water partition coefficient (Wildman–Crippen LogP) is 2.20. The van der Waals surface area contributed by atoms with Crippen LogP contribution >= 0.6 is 0 Å². The van der Waals surface area contributed by atoms with Gasteiger partial charge in [0.1, 0.15) is 0 Å². The fourth-order valence-corrected chi connectivity index (χ4v) is 1.88. The molecule has 64 valence electrons. The van der Waals surface area contributed by atoms with Crippen molar-refractivity contribution >= 4 is 0 Å². The highest BCUT2D eigenvalue weighted by atomic mass is 14.9. The second-order valence-electron chi connectivity index (χ2n) is 3.63. The van der Waals surface area contributed by atoms with Crippen molar-refractivity contribution in [1.29, 1.82) is 0 Å². The molecule has 0 amide bonds. The van der Waals surface area contributed by atoms with Crippen molar-refractivity contribution in [3.63, 3.8) is 0 Å². The van der Waals surface area contributed by atoms with E-state index in [1.165, 1.54) is 23.1 Å². The molecule has 0 fully saturated rings. The predicted molar refractivity (Wildman–Crippen MR) is 51.3 cm³/mol. The minimum Gasteiger partial charge on any atom is -0.310 e. The molecule has 1 N–H and O–H groups in total. The van der Waals surface area contributed by atoms with Gasteiger partial charge in [0.15, 0.2) is 0 Å². The molecule has 1 nitrogen and oxygen atoms in total. The van der Waals surface area contributed by atoms with Crippen molar-refractivity contribution in [2.45, 2.75) is 26.3 Å². The van der Waals surface area contributed by atoms with Crippen molar-refractivity contribution in [2.24, 2.45) is 0 Å². The molecule has 12 heavy (non-hydrogen) atoms. The standard InChI is InChI=1S/C11H15N/c1-8-3-4-10-5-6-12-9(2)11(10)7-8/h3-4,7,9,12H,5-6H2,1-2H3/t9-/m1/s1. The second kappa shape index (κ2) is 2.91. The highest BCUT2D eigenvalue weighted by Crippen LogP contribution is 2.22. The molecule has 1 aromatic carbocycles. The van der Waals surface area contributed by atoms with E-state index in [0.717, 1.165) is 6.54 Å². The summed E-state index contributed by atoms with van der Waals surface area (Å²) < 4.78 is 0. The number of aryl methyl sites for hydroxylation is 1. The summed E-state index contributed by atoms with van der Waals surface area (Å²) in [6.45, 7) is 5.51. The normalized spacial score (nSPS) is 22.0. The highest BCUT2D eigenvalue weighted by molar-refractivity contribution is 5.35. The third-order valence-corrected chi connectivity index (χ3v) is 2.61. The molecule has 0 saturated carbocycles. The van der Waals surface area contributed by atoms with Crippen LogP contribution in [0.25, 0.3) is 0 Å². The van der Waals surface area contributed by atoms with Crippen LogP contribution in [0.3, 0.4) is 0 Å². The summed E-state index contributed by atoms with van der Waals surface area (Å²) in [5.74, 6) is 0. The van der Waals surface area contributed by atoms with E-state index in [1.807, 2.05) is 0 Å². The summed E-state index contributed by atoms with van der Waals surface area (Å²) in [5.41, 5.74) is 4.37. The van der Waals surface area contributed by atoms with Crippen LogP contribution < -0.4 is 5.32 Å². The Bertz CT molecular complexity index is 291. The summed E-state index contributed by atoms with van der Waals surface area (Å²) >= 11 is 0. The van der Waals surface area contributed by atoms with Crippen LogP contribution in [0.2, 0.25) is 0 Å². The van der Waals surface area contributed by atoms with E-state index in [-0.39, 0.29) is 0 Å². The van der Waals surface area contributed by atoms with Gasteiger partial charge < -0.3 is 5.32 Å². The first-order chi connectivity index (χ1) is 5.77. The third-order valence-electron chi connectivity index (χ3n) is 2.61. The zero-order valence-corrected chi connectivity index (χ0v) is 7.72. The van der Waals surface area contributed by atoms with Crippen molar-refractivity contribution < 1.29 is 0 Å². The van der Waals surface area contributed by atoms with Gasteiger partial charge in [-0.2, -0.15) is 0 Å². The third kappa shape index (κ3) is 1.25. The average molecular weight is 161 g/mol. The molecule has 0 aliphatic carbocycles. The lowest BCUT2D eigenvalue weighted by Gasteiger charge is -2.24. The van der Waals surface area contributed by atoms with E-state index in [1.54, 1.807) is 0 Å². The van der Waals surface area contributed by atoms with Gasteiger partial charge in [-0.15, -0.1) is 0 Å². The van der Waals surface area contributed by atoms with E-state index in [2.05, 4.69) is 37.4 Å². The maximum atomic E-state index is 3.47. The van der Waals surface area contributed by atoms with Gasteiger partial charge in [-0.25, -0.2) is 0 Å². The van der Waals surface area contributed by atoms with Crippen molar-refractivity contribution in [2.75, 3.05) is 6.54 Å². The molecule has 2 rings (SSSR count). The van der Waals surface area contributed by atoms with E-state index in [0.29, 0.717) is 6.04 Å². The van der Waals surface area contributed by atoms with E-state index in [9.17, 15) is 0 Å². The molecule has 1 heterocycles. The van der Waals surface area contributed by atoms with E-state index < -0.39 is 0 Å². The SMILES string of the molecule is Cc1ccc2c(c1)[C@@H](C)NCC2. The van der Waals surface area contributed by atoms with Crippen LogP contribution in [0.1, 0.15) is 29.7 Å². The van der Waals surface area contributed by atoms with Gasteiger partial charge in [0, 0.05) is 6.04 Å². The fourth-order valence-electron chi connectivity index (χ4n) is 1.88. The summed E-state index contributed by atoms with van der Waals surface area (Å²) in [4.78, 5) is 0. The summed E-state index contributed by atoms with van der Waals surface area (Å²) in [6.07, 6.45) is 1.18. The number of benzene rings is 1. The Labute approximate surface area is 73.8 Å². The largest absolute Gasteiger partial charge is 0.310 e. The van der Waals surface area contributed by atoms with Crippen molar-refractivity contribution in [1.82, 2.24) is 5.32 Å². The lowest BCUT2D eigenvalue weighted by molar-refractivity contribution is 0.540. The zero-order valence-electron chi connectivity index (χ0n) is 7.72. The molecule has 0 saturated heterocycles. The quantitative estimate of drug-likeness (QED) is 0.615. The molecule has 1 aliphatic rings. The molecule has 0 unspecified atom stereocenters. The number of hydrogen-bond donors (Lipinski definition) is 1. The maximum Gasteiger partial charge on any atom is 0.0294 e. The Hall–Kier alpha value is -0.820. The highest BCUT2D eigenvalue weighted by Gasteiger charge is 2.14. The number of nitrogens with one attached hydrogen (secondary N) is 1. The van der Waals surface area contributed by atoms with Gasteiger partial charge in [-0.1, -0.05) is 23.8 Å². The molecule has 1 atom stereocenters. The van der Waals surface area contributed by atoms with Gasteiger partial charge >= 0.3 is 0 Å². The minimum absolute atomic E-state index is 0.536. The molecule has 0 aromatic heterocycles. The van der Waals surface area contributed by atoms with Crippen LogP contribution in [-0.4, -0.2) is 6.54 Å². The first-order valence-corrected chi connectivity index (χ1v) is 4.60. The second-order valence-corrected chi connectivity index (χ2v) is 3.63. The molecule has 1 heteroatoms. The Kier molecular flexibility index (Phi) is 1.89. The number of fused-ring (bicyclic) bond motifs is 1. The molecule has 1 aromatic rings. The Morgan fingerprint density at radius 3 is 3.08 bits per heavy atom. The molecular formula is C11H15N. The van der Waals surface area contributed by atoms with Crippen LogP contribution in [0, 0.1) is 6.92 Å². The summed E-state index contributed by atoms with van der Waals surface area (Å²) in [6, 6.07) is 7.30. The van der Waals surface area contributed by atoms with E-state index in [4.69, 9.17) is 0 Å². The molecule has 0 radical (unpaired) electrons. The maximum absolute atomic E-state index is 3.47. The lowest BCUT2D eigenvalue weighted by atomic mass is 9.94. The fraction of sp³-hybridized carbons (Fsp3) is 0.455. The summed E-state index contributed by atoms with van der Waals surface area (Å²) in [5, 5.41) is 3.47. The topological polar surface area (TPSA) is 12.0 Å². The summed E-state index contributed by atoms with van der Waals surface area (Å²) in [7, 11) is 0. The Morgan fingerprint density at radius 2 is 2.25 bits per heavy atom. The lowest BCUT2D eigenvalue weighted by Crippen LogP contribution is -2.27. The molecular weight excluding hydrogens is 146 g/mol. The first kappa shape index (κ1) is 7.81. The Balaban J connectivity index is 2.47. The Morgan fingerprint density at radius 1 is 1.42 bits per heavy atom. The van der Waals surface area contributed by atoms with Gasteiger partial charge in [-0.3, -0.25) is 0 Å². The zero-order chi connectivity index (χ0) is 8.55. The van der Waals surface area contributed by atoms with Crippen molar-refractivity contribution in [3.05, 3.63) is 34.9 Å². The van der Waals surface area contributed by atoms with Gasteiger partial charge in [0.2, 0.25) is 0 Å². The monoisotopic (exact) mass is 161 g/mol. The van der Waals surface area contributed by atoms with Crippen LogP contribution in [0.15, 0.2) is 18.2 Å². The van der Waals surface area contributed by atoms with Crippen LogP contribution in [0.4, 0.5) is 0 Å². The molecule has 1 aliphatic heterocycles. The van der Waals surface area contributed by atoms with Gasteiger partial charge in [-0.05, 0) is 37.9 Å². The van der Waals surface area contributed by atoms with Crippen molar-refractivity contribution in [3.8, 4) is 0 Å². The smallest absolute Gasteiger partial charge is 0.0294 e. The van der Waals surface area contributed by atoms with Gasteiger partial charge in [0.25, 0.3) is 0 Å². The molecule has 0 bridgehead atoms. The number of rotatable bonds is 0. The average Bonchev–Trinajstić information content (AvgIpc) is 2.07. The first-order valence-electron chi connectivity index (χ1n) is 4.60. The van der Waals surface area contributed by atoms with Gasteiger partial charge in [0.05, 0.1) is 0 Å². The van der Waals surface area contributed by atoms with E-state index >= 15 is 0 Å². The number of hydrogen-bond acceptors (Lipinski definition) is 1.